The Kier molecular flexibility index (Phi) is 6.91. The summed E-state index contributed by atoms with van der Waals surface area (Å²) in [4.78, 5) is 26.4. The normalized spacial score (nSPS) is 16.6. The van der Waals surface area contributed by atoms with Crippen LogP contribution in [0.25, 0.3) is 5.69 Å². The Bertz CT molecular complexity index is 826. The number of aromatic nitrogens is 3. The Morgan fingerprint density at radius 2 is 2.21 bits per heavy atom. The topological polar surface area (TPSA) is 86.5 Å². The third-order valence-electron chi connectivity index (χ3n) is 4.57. The first-order valence-electron chi connectivity index (χ1n) is 9.24. The van der Waals surface area contributed by atoms with Crippen molar-refractivity contribution in [3.05, 3.63) is 30.6 Å². The number of rotatable bonds is 7. The van der Waals surface area contributed by atoms with Crippen molar-refractivity contribution in [2.45, 2.75) is 24.9 Å². The van der Waals surface area contributed by atoms with Gasteiger partial charge in [0.15, 0.2) is 5.16 Å². The van der Waals surface area contributed by atoms with Gasteiger partial charge in [0.2, 0.25) is 5.91 Å². The first-order chi connectivity index (χ1) is 13.6. The minimum Gasteiger partial charge on any atom is -0.497 e. The maximum Gasteiger partial charge on any atom is 0.310 e. The SMILES string of the molecule is CCOC(=O)[C@@H]1CCCN(C(=O)CSc2nncn2-c2cccc(OC)c2)C1. The number of hydrogen-bond donors (Lipinski definition) is 0. The van der Waals surface area contributed by atoms with Crippen LogP contribution >= 0.6 is 11.8 Å². The standard InChI is InChI=1S/C19H24N4O4S/c1-3-27-18(25)14-6-5-9-22(11-14)17(24)12-28-19-21-20-13-23(19)15-7-4-8-16(10-15)26-2/h4,7-8,10,13-14H,3,5-6,9,11-12H2,1-2H3/t14-/m1/s1. The summed E-state index contributed by atoms with van der Waals surface area (Å²) in [6.45, 7) is 3.23. The molecule has 150 valence electrons. The molecular weight excluding hydrogens is 380 g/mol. The molecule has 0 spiro atoms. The molecule has 0 saturated carbocycles. The number of hydrogen-bond acceptors (Lipinski definition) is 7. The second kappa shape index (κ2) is 9.59. The summed E-state index contributed by atoms with van der Waals surface area (Å²) in [7, 11) is 1.61. The van der Waals surface area contributed by atoms with Crippen molar-refractivity contribution in [3.63, 3.8) is 0 Å². The zero-order valence-corrected chi connectivity index (χ0v) is 16.9. The lowest BCUT2D eigenvalue weighted by molar-refractivity contribution is -0.151. The summed E-state index contributed by atoms with van der Waals surface area (Å²) < 4.78 is 12.2. The molecule has 1 fully saturated rings. The number of amides is 1. The Morgan fingerprint density at radius 1 is 1.36 bits per heavy atom. The fourth-order valence-electron chi connectivity index (χ4n) is 3.13. The number of thioether (sulfide) groups is 1. The van der Waals surface area contributed by atoms with Crippen LogP contribution in [0.15, 0.2) is 35.7 Å². The Morgan fingerprint density at radius 3 is 3.00 bits per heavy atom. The van der Waals surface area contributed by atoms with Crippen molar-refractivity contribution in [2.24, 2.45) is 5.92 Å². The quantitative estimate of drug-likeness (QED) is 0.516. The van der Waals surface area contributed by atoms with Crippen LogP contribution in [-0.2, 0) is 14.3 Å². The van der Waals surface area contributed by atoms with Crippen molar-refractivity contribution in [2.75, 3.05) is 32.6 Å². The fourth-order valence-corrected chi connectivity index (χ4v) is 3.97. The molecule has 3 rings (SSSR count). The molecule has 1 aliphatic rings. The first kappa shape index (κ1) is 20.2. The van der Waals surface area contributed by atoms with Crippen molar-refractivity contribution >= 4 is 23.6 Å². The van der Waals surface area contributed by atoms with Gasteiger partial charge in [0.25, 0.3) is 0 Å². The molecule has 9 heteroatoms. The highest BCUT2D eigenvalue weighted by Gasteiger charge is 2.29. The molecule has 0 unspecified atom stereocenters. The van der Waals surface area contributed by atoms with Crippen LogP contribution in [0.2, 0.25) is 0 Å². The molecule has 0 N–H and O–H groups in total. The van der Waals surface area contributed by atoms with E-state index in [-0.39, 0.29) is 23.5 Å². The smallest absolute Gasteiger partial charge is 0.310 e. The molecule has 28 heavy (non-hydrogen) atoms. The third kappa shape index (κ3) is 4.83. The number of esters is 1. The number of carbonyl (C=O) groups is 2. The molecule has 1 aromatic heterocycles. The van der Waals surface area contributed by atoms with Crippen LogP contribution in [0.3, 0.4) is 0 Å². The van der Waals surface area contributed by atoms with E-state index in [1.54, 1.807) is 25.3 Å². The molecule has 1 aliphatic heterocycles. The zero-order chi connectivity index (χ0) is 19.9. The number of carbonyl (C=O) groups excluding carboxylic acids is 2. The Hall–Kier alpha value is -2.55. The van der Waals surface area contributed by atoms with Crippen LogP contribution in [0.5, 0.6) is 5.75 Å². The van der Waals surface area contributed by atoms with E-state index in [0.29, 0.717) is 24.9 Å². The Labute approximate surface area is 168 Å². The van der Waals surface area contributed by atoms with Gasteiger partial charge in [-0.05, 0) is 31.9 Å². The number of ether oxygens (including phenoxy) is 2. The van der Waals surface area contributed by atoms with Gasteiger partial charge in [-0.25, -0.2) is 0 Å². The lowest BCUT2D eigenvalue weighted by Crippen LogP contribution is -2.43. The molecule has 8 nitrogen and oxygen atoms in total. The minimum atomic E-state index is -0.233. The van der Waals surface area contributed by atoms with E-state index in [1.165, 1.54) is 11.8 Å². The van der Waals surface area contributed by atoms with Crippen molar-refractivity contribution in [3.8, 4) is 11.4 Å². The molecule has 1 atom stereocenters. The fraction of sp³-hybridized carbons (Fsp3) is 0.474. The highest BCUT2D eigenvalue weighted by atomic mass is 32.2. The monoisotopic (exact) mass is 404 g/mol. The van der Waals surface area contributed by atoms with E-state index >= 15 is 0 Å². The maximum absolute atomic E-state index is 12.6. The van der Waals surface area contributed by atoms with Gasteiger partial charge < -0.3 is 14.4 Å². The second-order valence-corrected chi connectivity index (χ2v) is 7.35. The predicted molar refractivity (Wildman–Crippen MR) is 105 cm³/mol. The molecule has 0 radical (unpaired) electrons. The van der Waals surface area contributed by atoms with Gasteiger partial charge >= 0.3 is 5.97 Å². The van der Waals surface area contributed by atoms with E-state index in [9.17, 15) is 9.59 Å². The number of nitrogens with zero attached hydrogens (tertiary/aromatic N) is 4. The third-order valence-corrected chi connectivity index (χ3v) is 5.49. The van der Waals surface area contributed by atoms with E-state index in [1.807, 2.05) is 28.8 Å². The highest BCUT2D eigenvalue weighted by molar-refractivity contribution is 7.99. The zero-order valence-electron chi connectivity index (χ0n) is 16.0. The minimum absolute atomic E-state index is 0.0146. The van der Waals surface area contributed by atoms with Crippen molar-refractivity contribution in [1.82, 2.24) is 19.7 Å². The van der Waals surface area contributed by atoms with Gasteiger partial charge in [-0.2, -0.15) is 0 Å². The van der Waals surface area contributed by atoms with E-state index in [4.69, 9.17) is 9.47 Å². The van der Waals surface area contributed by atoms with Gasteiger partial charge in [-0.15, -0.1) is 10.2 Å². The molecule has 0 aliphatic carbocycles. The molecule has 2 aromatic rings. The van der Waals surface area contributed by atoms with Crippen LogP contribution in [0.1, 0.15) is 19.8 Å². The van der Waals surface area contributed by atoms with Gasteiger partial charge in [0.1, 0.15) is 12.1 Å². The molecule has 2 heterocycles. The molecule has 1 amide bonds. The first-order valence-corrected chi connectivity index (χ1v) is 10.2. The largest absolute Gasteiger partial charge is 0.497 e. The molecular formula is C19H24N4O4S. The summed E-state index contributed by atoms with van der Waals surface area (Å²) in [5.41, 5.74) is 0.861. The van der Waals surface area contributed by atoms with Gasteiger partial charge in [-0.3, -0.25) is 14.2 Å². The van der Waals surface area contributed by atoms with Crippen LogP contribution in [0, 0.1) is 5.92 Å². The average molecular weight is 404 g/mol. The number of methoxy groups -OCH3 is 1. The van der Waals surface area contributed by atoms with Gasteiger partial charge in [-0.1, -0.05) is 17.8 Å². The summed E-state index contributed by atoms with van der Waals surface area (Å²) in [6.07, 6.45) is 3.18. The van der Waals surface area contributed by atoms with Gasteiger partial charge in [0.05, 0.1) is 31.1 Å². The predicted octanol–water partition coefficient (Wildman–Crippen LogP) is 2.17. The van der Waals surface area contributed by atoms with E-state index in [2.05, 4.69) is 10.2 Å². The number of likely N-dealkylation sites (tertiary alicyclic amines) is 1. The van der Waals surface area contributed by atoms with Crippen molar-refractivity contribution < 1.29 is 19.1 Å². The highest BCUT2D eigenvalue weighted by Crippen LogP contribution is 2.24. The van der Waals surface area contributed by atoms with Crippen molar-refractivity contribution in [1.29, 1.82) is 0 Å². The lowest BCUT2D eigenvalue weighted by Gasteiger charge is -2.31. The van der Waals surface area contributed by atoms with Crippen LogP contribution in [-0.4, -0.2) is 64.1 Å². The number of piperidine rings is 1. The van der Waals surface area contributed by atoms with E-state index in [0.717, 1.165) is 24.3 Å². The lowest BCUT2D eigenvalue weighted by atomic mass is 9.98. The van der Waals surface area contributed by atoms with Crippen LogP contribution in [0.4, 0.5) is 0 Å². The van der Waals surface area contributed by atoms with Crippen LogP contribution < -0.4 is 4.74 Å². The Balaban J connectivity index is 1.61. The van der Waals surface area contributed by atoms with Gasteiger partial charge in [0, 0.05) is 19.2 Å². The maximum atomic E-state index is 12.6. The summed E-state index contributed by atoms with van der Waals surface area (Å²) in [5.74, 6) is 0.502. The summed E-state index contributed by atoms with van der Waals surface area (Å²) in [5, 5.41) is 8.71. The molecule has 1 aromatic carbocycles. The van der Waals surface area contributed by atoms with E-state index < -0.39 is 0 Å². The average Bonchev–Trinajstić information content (AvgIpc) is 3.21. The summed E-state index contributed by atoms with van der Waals surface area (Å²) >= 11 is 1.32. The molecule has 1 saturated heterocycles. The number of benzene rings is 1. The molecule has 0 bridgehead atoms. The second-order valence-electron chi connectivity index (χ2n) is 6.40. The summed E-state index contributed by atoms with van der Waals surface area (Å²) in [6, 6.07) is 7.55.